The number of halogens is 2. The van der Waals surface area contributed by atoms with E-state index < -0.39 is 0 Å². The average molecular weight is 338 g/mol. The third kappa shape index (κ3) is 3.11. The lowest BCUT2D eigenvalue weighted by molar-refractivity contribution is 0.440. The van der Waals surface area contributed by atoms with Gasteiger partial charge in [-0.3, -0.25) is 0 Å². The summed E-state index contributed by atoms with van der Waals surface area (Å²) >= 11 is 6.44. The van der Waals surface area contributed by atoms with Gasteiger partial charge in [0, 0.05) is 0 Å². The van der Waals surface area contributed by atoms with E-state index in [9.17, 15) is 10.2 Å². The molecule has 15 heavy (non-hydrogen) atoms. The van der Waals surface area contributed by atoms with Gasteiger partial charge < -0.3 is 10.2 Å². The SMILES string of the molecule is CCCCCc1cc(O)c(Br)c(O)c1Br. The van der Waals surface area contributed by atoms with Gasteiger partial charge in [-0.2, -0.15) is 0 Å². The van der Waals surface area contributed by atoms with Gasteiger partial charge in [0.25, 0.3) is 0 Å². The number of rotatable bonds is 4. The van der Waals surface area contributed by atoms with E-state index in [1.807, 2.05) is 0 Å². The van der Waals surface area contributed by atoms with Gasteiger partial charge in [-0.25, -0.2) is 0 Å². The summed E-state index contributed by atoms with van der Waals surface area (Å²) in [6, 6.07) is 1.68. The maximum atomic E-state index is 9.67. The lowest BCUT2D eigenvalue weighted by Crippen LogP contribution is -1.89. The molecule has 0 atom stereocenters. The van der Waals surface area contributed by atoms with Crippen LogP contribution < -0.4 is 0 Å². The Balaban J connectivity index is 2.89. The third-order valence-electron chi connectivity index (χ3n) is 2.28. The van der Waals surface area contributed by atoms with E-state index in [2.05, 4.69) is 38.8 Å². The second kappa shape index (κ2) is 5.75. The normalized spacial score (nSPS) is 10.6. The molecule has 2 nitrogen and oxygen atoms in total. The van der Waals surface area contributed by atoms with Crippen LogP contribution in [-0.4, -0.2) is 10.2 Å². The Bertz CT molecular complexity index is 351. The molecule has 0 amide bonds. The Labute approximate surface area is 107 Å². The Kier molecular flexibility index (Phi) is 4.93. The number of hydrogen-bond acceptors (Lipinski definition) is 2. The van der Waals surface area contributed by atoms with Gasteiger partial charge in [0.2, 0.25) is 0 Å². The predicted octanol–water partition coefficient (Wildman–Crippen LogP) is 4.36. The molecule has 0 aliphatic rings. The summed E-state index contributed by atoms with van der Waals surface area (Å²) in [4.78, 5) is 0. The quantitative estimate of drug-likeness (QED) is 0.801. The number of phenols is 2. The van der Waals surface area contributed by atoms with E-state index in [0.29, 0.717) is 8.95 Å². The molecule has 0 radical (unpaired) electrons. The van der Waals surface area contributed by atoms with Crippen molar-refractivity contribution in [2.24, 2.45) is 0 Å². The highest BCUT2D eigenvalue weighted by Crippen LogP contribution is 2.41. The molecule has 0 saturated carbocycles. The lowest BCUT2D eigenvalue weighted by Gasteiger charge is -2.09. The molecule has 1 rings (SSSR count). The summed E-state index contributed by atoms with van der Waals surface area (Å²) in [5, 5.41) is 19.2. The molecule has 1 aromatic rings. The van der Waals surface area contributed by atoms with E-state index in [0.717, 1.165) is 31.2 Å². The fraction of sp³-hybridized carbons (Fsp3) is 0.455. The molecule has 0 aliphatic heterocycles. The van der Waals surface area contributed by atoms with Crippen LogP contribution in [0.15, 0.2) is 15.0 Å². The zero-order valence-electron chi connectivity index (χ0n) is 8.56. The second-order valence-corrected chi connectivity index (χ2v) is 5.07. The van der Waals surface area contributed by atoms with Crippen molar-refractivity contribution in [1.29, 1.82) is 0 Å². The fourth-order valence-corrected chi connectivity index (χ4v) is 2.50. The van der Waals surface area contributed by atoms with Gasteiger partial charge in [0.15, 0.2) is 0 Å². The lowest BCUT2D eigenvalue weighted by atomic mass is 10.1. The molecule has 1 aromatic carbocycles. The highest BCUT2D eigenvalue weighted by molar-refractivity contribution is 9.11. The maximum Gasteiger partial charge on any atom is 0.147 e. The van der Waals surface area contributed by atoms with Gasteiger partial charge in [0.05, 0.1) is 4.47 Å². The number of hydrogen-bond donors (Lipinski definition) is 2. The summed E-state index contributed by atoms with van der Waals surface area (Å²) in [5.41, 5.74) is 0.946. The molecule has 0 saturated heterocycles. The largest absolute Gasteiger partial charge is 0.507 e. The number of unbranched alkanes of at least 4 members (excludes halogenated alkanes) is 2. The first kappa shape index (κ1) is 12.8. The Morgan fingerprint density at radius 3 is 2.40 bits per heavy atom. The topological polar surface area (TPSA) is 40.5 Å². The van der Waals surface area contributed by atoms with Crippen LogP contribution in [-0.2, 0) is 6.42 Å². The van der Waals surface area contributed by atoms with Crippen molar-refractivity contribution in [1.82, 2.24) is 0 Å². The zero-order valence-corrected chi connectivity index (χ0v) is 11.7. The summed E-state index contributed by atoms with van der Waals surface area (Å²) in [7, 11) is 0. The van der Waals surface area contributed by atoms with Crippen LogP contribution in [0.5, 0.6) is 11.5 Å². The highest BCUT2D eigenvalue weighted by Gasteiger charge is 2.13. The minimum absolute atomic E-state index is 0.0708. The van der Waals surface area contributed by atoms with Crippen molar-refractivity contribution < 1.29 is 10.2 Å². The molecule has 2 N–H and O–H groups in total. The third-order valence-corrected chi connectivity index (χ3v) is 3.95. The molecule has 84 valence electrons. The van der Waals surface area contributed by atoms with Gasteiger partial charge in [-0.05, 0) is 56.3 Å². The van der Waals surface area contributed by atoms with Crippen molar-refractivity contribution in [3.8, 4) is 11.5 Å². The summed E-state index contributed by atoms with van der Waals surface area (Å²) in [6.45, 7) is 2.14. The van der Waals surface area contributed by atoms with E-state index in [4.69, 9.17) is 0 Å². The molecular formula is C11H14Br2O2. The van der Waals surface area contributed by atoms with E-state index in [1.54, 1.807) is 6.07 Å². The maximum absolute atomic E-state index is 9.67. The van der Waals surface area contributed by atoms with Crippen LogP contribution in [0.3, 0.4) is 0 Å². The number of aryl methyl sites for hydroxylation is 1. The van der Waals surface area contributed by atoms with Gasteiger partial charge >= 0.3 is 0 Å². The van der Waals surface area contributed by atoms with Crippen molar-refractivity contribution >= 4 is 31.9 Å². The minimum Gasteiger partial charge on any atom is -0.507 e. The Hall–Kier alpha value is -0.220. The summed E-state index contributed by atoms with van der Waals surface area (Å²) in [5.74, 6) is 0.156. The van der Waals surface area contributed by atoms with Crippen molar-refractivity contribution in [2.75, 3.05) is 0 Å². The van der Waals surface area contributed by atoms with Gasteiger partial charge in [-0.1, -0.05) is 19.8 Å². The van der Waals surface area contributed by atoms with Crippen molar-refractivity contribution in [3.63, 3.8) is 0 Å². The monoisotopic (exact) mass is 336 g/mol. The summed E-state index contributed by atoms with van der Waals surface area (Å²) in [6.07, 6.45) is 4.24. The first-order valence-electron chi connectivity index (χ1n) is 4.96. The average Bonchev–Trinajstić information content (AvgIpc) is 2.23. The van der Waals surface area contributed by atoms with Crippen LogP contribution in [0.1, 0.15) is 31.7 Å². The second-order valence-electron chi connectivity index (χ2n) is 3.49. The minimum atomic E-state index is 0.0708. The van der Waals surface area contributed by atoms with Crippen LogP contribution in [0, 0.1) is 0 Å². The molecule has 0 spiro atoms. The number of benzene rings is 1. The molecule has 0 aromatic heterocycles. The zero-order chi connectivity index (χ0) is 11.4. The Morgan fingerprint density at radius 2 is 1.80 bits per heavy atom. The smallest absolute Gasteiger partial charge is 0.147 e. The van der Waals surface area contributed by atoms with Crippen molar-refractivity contribution in [3.05, 3.63) is 20.6 Å². The molecule has 0 fully saturated rings. The van der Waals surface area contributed by atoms with E-state index >= 15 is 0 Å². The molecule has 0 bridgehead atoms. The molecular weight excluding hydrogens is 324 g/mol. The summed E-state index contributed by atoms with van der Waals surface area (Å²) < 4.78 is 1.01. The molecule has 0 unspecified atom stereocenters. The van der Waals surface area contributed by atoms with E-state index in [-0.39, 0.29) is 11.5 Å². The van der Waals surface area contributed by atoms with Gasteiger partial charge in [-0.15, -0.1) is 0 Å². The first-order chi connectivity index (χ1) is 7.07. The van der Waals surface area contributed by atoms with Crippen molar-refractivity contribution in [2.45, 2.75) is 32.6 Å². The molecule has 0 aliphatic carbocycles. The van der Waals surface area contributed by atoms with Gasteiger partial charge in [0.1, 0.15) is 16.0 Å². The number of phenolic OH excluding ortho intramolecular Hbond substituents is 2. The van der Waals surface area contributed by atoms with Crippen LogP contribution in [0.25, 0.3) is 0 Å². The van der Waals surface area contributed by atoms with Crippen LogP contribution in [0.4, 0.5) is 0 Å². The van der Waals surface area contributed by atoms with Crippen LogP contribution in [0.2, 0.25) is 0 Å². The van der Waals surface area contributed by atoms with E-state index in [1.165, 1.54) is 0 Å². The molecule has 4 heteroatoms. The first-order valence-corrected chi connectivity index (χ1v) is 6.55. The Morgan fingerprint density at radius 1 is 1.13 bits per heavy atom. The number of aromatic hydroxyl groups is 2. The fourth-order valence-electron chi connectivity index (χ4n) is 1.41. The molecule has 0 heterocycles. The predicted molar refractivity (Wildman–Crippen MR) is 68.4 cm³/mol. The highest BCUT2D eigenvalue weighted by atomic mass is 79.9. The van der Waals surface area contributed by atoms with Crippen LogP contribution >= 0.6 is 31.9 Å². The standard InChI is InChI=1S/C11H14Br2O2/c1-2-3-4-5-7-6-8(14)10(13)11(15)9(7)12/h6,14-15H,2-5H2,1H3.